The highest BCUT2D eigenvalue weighted by Gasteiger charge is 2.42. The van der Waals surface area contributed by atoms with Gasteiger partial charge in [0, 0.05) is 11.1 Å². The van der Waals surface area contributed by atoms with E-state index in [1.54, 1.807) is 11.3 Å². The van der Waals surface area contributed by atoms with Gasteiger partial charge in [0.1, 0.15) is 0 Å². The first kappa shape index (κ1) is 7.13. The lowest BCUT2D eigenvalue weighted by atomic mass is 10.1. The molecule has 0 unspecified atom stereocenters. The quantitative estimate of drug-likeness (QED) is 0.669. The van der Waals surface area contributed by atoms with Gasteiger partial charge in [-0.05, 0) is 30.7 Å². The SMILES string of the molecule is Cc1csc(N)c1C1(N)CC1. The van der Waals surface area contributed by atoms with E-state index >= 15 is 0 Å². The molecular formula is C8H12N2S. The number of hydrogen-bond donors (Lipinski definition) is 2. The minimum absolute atomic E-state index is 0.0613. The lowest BCUT2D eigenvalue weighted by Gasteiger charge is -2.08. The zero-order valence-corrected chi connectivity index (χ0v) is 7.37. The lowest BCUT2D eigenvalue weighted by molar-refractivity contribution is 0.740. The second-order valence-corrected chi connectivity index (χ2v) is 4.23. The Bertz CT molecular complexity index is 267. The maximum atomic E-state index is 6.04. The Morgan fingerprint density at radius 1 is 1.55 bits per heavy atom. The number of nitrogens with two attached hydrogens (primary N) is 2. The zero-order valence-electron chi connectivity index (χ0n) is 6.55. The van der Waals surface area contributed by atoms with E-state index in [1.165, 1.54) is 11.1 Å². The summed E-state index contributed by atoms with van der Waals surface area (Å²) in [6.07, 6.45) is 2.18. The van der Waals surface area contributed by atoms with E-state index in [1.807, 2.05) is 0 Å². The Hall–Kier alpha value is -0.540. The molecule has 0 spiro atoms. The van der Waals surface area contributed by atoms with Crippen LogP contribution in [-0.2, 0) is 5.54 Å². The summed E-state index contributed by atoms with van der Waals surface area (Å²) in [6.45, 7) is 2.08. The third-order valence-corrected chi connectivity index (χ3v) is 3.22. The molecule has 0 atom stereocenters. The van der Waals surface area contributed by atoms with Gasteiger partial charge in [0.2, 0.25) is 0 Å². The molecule has 2 rings (SSSR count). The van der Waals surface area contributed by atoms with Crippen LogP contribution >= 0.6 is 11.3 Å². The van der Waals surface area contributed by atoms with E-state index in [-0.39, 0.29) is 5.54 Å². The molecule has 2 nitrogen and oxygen atoms in total. The van der Waals surface area contributed by atoms with Gasteiger partial charge in [-0.2, -0.15) is 0 Å². The molecule has 1 aliphatic carbocycles. The van der Waals surface area contributed by atoms with Crippen LogP contribution in [0.4, 0.5) is 5.00 Å². The van der Waals surface area contributed by atoms with Crippen molar-refractivity contribution in [2.45, 2.75) is 25.3 Å². The van der Waals surface area contributed by atoms with Gasteiger partial charge in [0.05, 0.1) is 5.00 Å². The van der Waals surface area contributed by atoms with Gasteiger partial charge in [-0.25, -0.2) is 0 Å². The smallest absolute Gasteiger partial charge is 0.0910 e. The summed E-state index contributed by atoms with van der Waals surface area (Å²) in [6, 6.07) is 0. The maximum Gasteiger partial charge on any atom is 0.0910 e. The van der Waals surface area contributed by atoms with Gasteiger partial charge >= 0.3 is 0 Å². The van der Waals surface area contributed by atoms with Crippen molar-refractivity contribution >= 4 is 16.3 Å². The summed E-state index contributed by atoms with van der Waals surface area (Å²) in [5, 5.41) is 2.99. The van der Waals surface area contributed by atoms with Crippen LogP contribution in [-0.4, -0.2) is 0 Å². The number of rotatable bonds is 1. The highest BCUT2D eigenvalue weighted by Crippen LogP contribution is 2.48. The summed E-state index contributed by atoms with van der Waals surface area (Å²) in [5.74, 6) is 0. The van der Waals surface area contributed by atoms with Crippen LogP contribution in [0.2, 0.25) is 0 Å². The van der Waals surface area contributed by atoms with Crippen molar-refractivity contribution < 1.29 is 0 Å². The first-order valence-corrected chi connectivity index (χ1v) is 4.64. The van der Waals surface area contributed by atoms with Crippen molar-refractivity contribution in [2.75, 3.05) is 5.73 Å². The minimum Gasteiger partial charge on any atom is -0.390 e. The molecule has 1 aliphatic rings. The van der Waals surface area contributed by atoms with Gasteiger partial charge in [0.15, 0.2) is 0 Å². The number of aryl methyl sites for hydroxylation is 1. The molecule has 60 valence electrons. The predicted octanol–water partition coefficient (Wildman–Crippen LogP) is 1.59. The number of thiophene rings is 1. The largest absolute Gasteiger partial charge is 0.390 e. The Morgan fingerprint density at radius 2 is 2.18 bits per heavy atom. The van der Waals surface area contributed by atoms with Gasteiger partial charge in [-0.3, -0.25) is 0 Å². The van der Waals surface area contributed by atoms with Crippen LogP contribution in [0.15, 0.2) is 5.38 Å². The summed E-state index contributed by atoms with van der Waals surface area (Å²) >= 11 is 1.60. The van der Waals surface area contributed by atoms with Crippen LogP contribution < -0.4 is 11.5 Å². The fourth-order valence-corrected chi connectivity index (χ4v) is 2.39. The molecule has 0 bridgehead atoms. The number of nitrogen functional groups attached to an aromatic ring is 1. The number of hydrogen-bond acceptors (Lipinski definition) is 3. The van der Waals surface area contributed by atoms with Crippen molar-refractivity contribution in [3.63, 3.8) is 0 Å². The molecule has 4 N–H and O–H groups in total. The highest BCUT2D eigenvalue weighted by atomic mass is 32.1. The molecule has 1 heterocycles. The highest BCUT2D eigenvalue weighted by molar-refractivity contribution is 7.14. The van der Waals surface area contributed by atoms with E-state index in [4.69, 9.17) is 11.5 Å². The second kappa shape index (κ2) is 1.99. The van der Waals surface area contributed by atoms with Gasteiger partial charge in [0.25, 0.3) is 0 Å². The molecule has 0 aliphatic heterocycles. The molecule has 0 saturated heterocycles. The fraction of sp³-hybridized carbons (Fsp3) is 0.500. The van der Waals surface area contributed by atoms with Crippen molar-refractivity contribution in [3.05, 3.63) is 16.5 Å². The predicted molar refractivity (Wildman–Crippen MR) is 48.6 cm³/mol. The standard InChI is InChI=1S/C8H12N2S/c1-5-4-11-7(9)6(5)8(10)2-3-8/h4H,2-3,9-10H2,1H3. The molecule has 1 saturated carbocycles. The van der Waals surface area contributed by atoms with Gasteiger partial charge in [-0.15, -0.1) is 11.3 Å². The van der Waals surface area contributed by atoms with E-state index in [0.717, 1.165) is 17.8 Å². The Morgan fingerprint density at radius 3 is 2.55 bits per heavy atom. The molecule has 3 heteroatoms. The summed E-state index contributed by atoms with van der Waals surface area (Å²) in [4.78, 5) is 0. The van der Waals surface area contributed by atoms with Gasteiger partial charge in [-0.1, -0.05) is 0 Å². The van der Waals surface area contributed by atoms with Crippen LogP contribution in [0.3, 0.4) is 0 Å². The molecule has 1 aromatic heterocycles. The van der Waals surface area contributed by atoms with Crippen molar-refractivity contribution in [1.82, 2.24) is 0 Å². The van der Waals surface area contributed by atoms with E-state index < -0.39 is 0 Å². The fourth-order valence-electron chi connectivity index (χ4n) is 1.49. The summed E-state index contributed by atoms with van der Waals surface area (Å²) < 4.78 is 0. The Labute approximate surface area is 70.2 Å². The third-order valence-electron chi connectivity index (χ3n) is 2.29. The third kappa shape index (κ3) is 0.957. The molecule has 11 heavy (non-hydrogen) atoms. The average molecular weight is 168 g/mol. The number of anilines is 1. The molecule has 1 aromatic rings. The normalized spacial score (nSPS) is 20.2. The Kier molecular flexibility index (Phi) is 1.29. The van der Waals surface area contributed by atoms with Crippen LogP contribution in [0.25, 0.3) is 0 Å². The van der Waals surface area contributed by atoms with E-state index in [9.17, 15) is 0 Å². The Balaban J connectivity index is 2.50. The molecule has 1 fully saturated rings. The lowest BCUT2D eigenvalue weighted by Crippen LogP contribution is -2.20. The summed E-state index contributed by atoms with van der Waals surface area (Å²) in [7, 11) is 0. The van der Waals surface area contributed by atoms with Crippen LogP contribution in [0.5, 0.6) is 0 Å². The minimum atomic E-state index is -0.0613. The molecule has 0 amide bonds. The van der Waals surface area contributed by atoms with Crippen molar-refractivity contribution in [2.24, 2.45) is 5.73 Å². The maximum absolute atomic E-state index is 6.04. The second-order valence-electron chi connectivity index (χ2n) is 3.31. The van der Waals surface area contributed by atoms with Gasteiger partial charge < -0.3 is 11.5 Å². The van der Waals surface area contributed by atoms with Crippen LogP contribution in [0.1, 0.15) is 24.0 Å². The molecule has 0 radical (unpaired) electrons. The van der Waals surface area contributed by atoms with E-state index in [2.05, 4.69) is 12.3 Å². The summed E-state index contributed by atoms with van der Waals surface area (Å²) in [5.41, 5.74) is 14.2. The zero-order chi connectivity index (χ0) is 8.06. The van der Waals surface area contributed by atoms with E-state index in [0.29, 0.717) is 0 Å². The van der Waals surface area contributed by atoms with Crippen molar-refractivity contribution in [3.8, 4) is 0 Å². The van der Waals surface area contributed by atoms with Crippen molar-refractivity contribution in [1.29, 1.82) is 0 Å². The molecule has 0 aromatic carbocycles. The van der Waals surface area contributed by atoms with Crippen LogP contribution in [0, 0.1) is 6.92 Å². The average Bonchev–Trinajstić information content (AvgIpc) is 2.56. The first-order chi connectivity index (χ1) is 5.13. The topological polar surface area (TPSA) is 52.0 Å². The monoisotopic (exact) mass is 168 g/mol. The first-order valence-electron chi connectivity index (χ1n) is 3.76. The molecular weight excluding hydrogens is 156 g/mol.